The van der Waals surface area contributed by atoms with Crippen molar-refractivity contribution < 1.29 is 18.0 Å². The van der Waals surface area contributed by atoms with E-state index in [1.807, 2.05) is 0 Å². The van der Waals surface area contributed by atoms with E-state index in [0.717, 1.165) is 0 Å². The van der Waals surface area contributed by atoms with Gasteiger partial charge >= 0.3 is 5.97 Å². The van der Waals surface area contributed by atoms with Crippen molar-refractivity contribution in [2.45, 2.75) is 0 Å². The fourth-order valence-electron chi connectivity index (χ4n) is 0.292. The predicted octanol–water partition coefficient (Wildman–Crippen LogP) is -2.96. The van der Waals surface area contributed by atoms with Crippen LogP contribution in [0.4, 0.5) is 0 Å². The van der Waals surface area contributed by atoms with Gasteiger partial charge < -0.3 is 15.9 Å². The topological polar surface area (TPSA) is 134 Å². The van der Waals surface area contributed by atoms with Crippen molar-refractivity contribution in [1.82, 2.24) is 10.2 Å². The first-order chi connectivity index (χ1) is 5.52. The molecule has 0 aromatic carbocycles. The summed E-state index contributed by atoms with van der Waals surface area (Å²) in [6.07, 6.45) is 0. The molecule has 0 rings (SSSR count). The standard InChI is InChI=1S/C3H8N4O4S/c4-3(5)6-1-2(8)11-7-12(9)10/h12H,1H2,(H4,4,5,6)(H,7,9,10). The van der Waals surface area contributed by atoms with Crippen molar-refractivity contribution in [2.75, 3.05) is 6.54 Å². The number of hydrogen-bond donors (Lipinski definition) is 5. The van der Waals surface area contributed by atoms with Crippen LogP contribution in [0.15, 0.2) is 0 Å². The van der Waals surface area contributed by atoms with Gasteiger partial charge in [0.15, 0.2) is 5.96 Å². The molecule has 9 heteroatoms. The maximum absolute atomic E-state index is 10.5. The molecular formula is C3H8N4O4S. The van der Waals surface area contributed by atoms with Gasteiger partial charge in [-0.25, -0.2) is 13.2 Å². The number of carbonyl (C=O) groups excluding carboxylic acids is 1. The number of nitrogens with two attached hydrogens (primary N) is 1. The third kappa shape index (κ3) is 6.77. The van der Waals surface area contributed by atoms with E-state index in [-0.39, 0.29) is 6.54 Å². The lowest BCUT2D eigenvalue weighted by Gasteiger charge is -2.01. The van der Waals surface area contributed by atoms with Gasteiger partial charge in [0.2, 0.25) is 10.9 Å². The van der Waals surface area contributed by atoms with Crippen LogP contribution in [0.5, 0.6) is 0 Å². The zero-order valence-corrected chi connectivity index (χ0v) is 6.76. The summed E-state index contributed by atoms with van der Waals surface area (Å²) < 4.78 is 19.6. The summed E-state index contributed by atoms with van der Waals surface area (Å²) >= 11 is 0. The first-order valence-corrected chi connectivity index (χ1v) is 3.87. The summed E-state index contributed by atoms with van der Waals surface area (Å²) in [5.74, 6) is -1.29. The van der Waals surface area contributed by atoms with Gasteiger partial charge in [-0.1, -0.05) is 0 Å². The molecule has 0 aliphatic heterocycles. The molecule has 0 saturated heterocycles. The third-order valence-corrected chi connectivity index (χ3v) is 0.898. The Bertz CT molecular complexity index is 241. The molecule has 12 heavy (non-hydrogen) atoms. The van der Waals surface area contributed by atoms with Gasteiger partial charge in [-0.2, -0.15) is 0 Å². The fourth-order valence-corrected chi connectivity index (χ4v) is 0.468. The molecule has 0 radical (unpaired) electrons. The van der Waals surface area contributed by atoms with Gasteiger partial charge in [-0.3, -0.25) is 5.41 Å². The zero-order chi connectivity index (χ0) is 9.56. The number of hydrogen-bond acceptors (Lipinski definition) is 5. The molecule has 70 valence electrons. The maximum atomic E-state index is 10.5. The highest BCUT2D eigenvalue weighted by molar-refractivity contribution is 7.70. The van der Waals surface area contributed by atoms with Crippen molar-refractivity contribution in [3.63, 3.8) is 0 Å². The van der Waals surface area contributed by atoms with Crippen molar-refractivity contribution in [2.24, 2.45) is 5.73 Å². The molecule has 8 nitrogen and oxygen atoms in total. The molecule has 0 aromatic heterocycles. The highest BCUT2D eigenvalue weighted by atomic mass is 32.2. The second kappa shape index (κ2) is 5.32. The Morgan fingerprint density at radius 2 is 2.17 bits per heavy atom. The molecule has 5 N–H and O–H groups in total. The van der Waals surface area contributed by atoms with E-state index in [9.17, 15) is 13.2 Å². The number of rotatable bonds is 4. The average Bonchev–Trinajstić information content (AvgIpc) is 1.96. The van der Waals surface area contributed by atoms with E-state index in [0.29, 0.717) is 0 Å². The smallest absolute Gasteiger partial charge is 0.345 e. The Morgan fingerprint density at radius 1 is 1.58 bits per heavy atom. The van der Waals surface area contributed by atoms with E-state index < -0.39 is 22.8 Å². The number of guanidine groups is 1. The van der Waals surface area contributed by atoms with Gasteiger partial charge in [-0.05, 0) is 4.89 Å². The number of thiol groups is 1. The highest BCUT2D eigenvalue weighted by Gasteiger charge is 2.01. The second-order valence-electron chi connectivity index (χ2n) is 1.59. The molecule has 0 atom stereocenters. The average molecular weight is 196 g/mol. The van der Waals surface area contributed by atoms with Crippen LogP contribution >= 0.6 is 0 Å². The van der Waals surface area contributed by atoms with Gasteiger partial charge in [0.25, 0.3) is 0 Å². The number of carbonyl (C=O) groups is 1. The first-order valence-electron chi connectivity index (χ1n) is 2.70. The quantitative estimate of drug-likeness (QED) is 0.141. The summed E-state index contributed by atoms with van der Waals surface area (Å²) in [6.45, 7) is -0.370. The summed E-state index contributed by atoms with van der Waals surface area (Å²) in [5.41, 5.74) is 4.82. The minimum Gasteiger partial charge on any atom is -0.370 e. The van der Waals surface area contributed by atoms with Gasteiger partial charge in [0, 0.05) is 0 Å². The van der Waals surface area contributed by atoms with Crippen LogP contribution < -0.4 is 15.9 Å². The van der Waals surface area contributed by atoms with Crippen LogP contribution in [0, 0.1) is 5.41 Å². The fraction of sp³-hybridized carbons (Fsp3) is 0.333. The van der Waals surface area contributed by atoms with E-state index in [2.05, 4.69) is 10.2 Å². The summed E-state index contributed by atoms with van der Waals surface area (Å²) in [5, 5.41) is 8.74. The predicted molar refractivity (Wildman–Crippen MR) is 39.5 cm³/mol. The lowest BCUT2D eigenvalue weighted by molar-refractivity contribution is -0.145. The van der Waals surface area contributed by atoms with Crippen LogP contribution in [-0.4, -0.2) is 26.9 Å². The molecule has 0 spiro atoms. The minimum atomic E-state index is -2.96. The van der Waals surface area contributed by atoms with Crippen molar-refractivity contribution in [1.29, 1.82) is 5.41 Å². The first kappa shape index (κ1) is 10.7. The monoisotopic (exact) mass is 196 g/mol. The Morgan fingerprint density at radius 3 is 2.58 bits per heavy atom. The van der Waals surface area contributed by atoms with Crippen LogP contribution in [0.3, 0.4) is 0 Å². The van der Waals surface area contributed by atoms with E-state index in [4.69, 9.17) is 11.1 Å². The molecule has 0 saturated carbocycles. The van der Waals surface area contributed by atoms with Gasteiger partial charge in [-0.15, -0.1) is 0 Å². The normalized spacial score (nSPS) is 9.42. The lowest BCUT2D eigenvalue weighted by atomic mass is 10.6. The van der Waals surface area contributed by atoms with E-state index in [1.165, 1.54) is 4.89 Å². The highest BCUT2D eigenvalue weighted by Crippen LogP contribution is 1.69. The Labute approximate surface area is 69.6 Å². The Balaban J connectivity index is 3.53. The molecule has 0 unspecified atom stereocenters. The van der Waals surface area contributed by atoms with Crippen molar-refractivity contribution >= 4 is 22.8 Å². The summed E-state index contributed by atoms with van der Waals surface area (Å²) in [4.78, 5) is 15.9. The van der Waals surface area contributed by atoms with Crippen LogP contribution in [0.2, 0.25) is 0 Å². The van der Waals surface area contributed by atoms with Crippen LogP contribution in [0.25, 0.3) is 0 Å². The summed E-state index contributed by atoms with van der Waals surface area (Å²) in [6, 6.07) is 0. The molecule has 0 heterocycles. The largest absolute Gasteiger partial charge is 0.370 e. The van der Waals surface area contributed by atoms with Crippen LogP contribution in [-0.2, 0) is 20.5 Å². The molecule has 0 aliphatic carbocycles. The van der Waals surface area contributed by atoms with Crippen LogP contribution in [0.1, 0.15) is 0 Å². The molecule has 0 bridgehead atoms. The van der Waals surface area contributed by atoms with E-state index >= 15 is 0 Å². The van der Waals surface area contributed by atoms with Crippen molar-refractivity contribution in [3.05, 3.63) is 0 Å². The molecular weight excluding hydrogens is 188 g/mol. The van der Waals surface area contributed by atoms with Crippen molar-refractivity contribution in [3.8, 4) is 0 Å². The zero-order valence-electron chi connectivity index (χ0n) is 5.86. The molecule has 0 fully saturated rings. The SMILES string of the molecule is N=C(N)NCC(=O)ON[SH](=O)=O. The molecule has 0 aliphatic rings. The maximum Gasteiger partial charge on any atom is 0.345 e. The second-order valence-corrected chi connectivity index (χ2v) is 2.29. The minimum absolute atomic E-state index is 0.370. The Kier molecular flexibility index (Phi) is 4.72. The van der Waals surface area contributed by atoms with Gasteiger partial charge in [0.1, 0.15) is 6.54 Å². The molecule has 0 amide bonds. The number of nitrogens with one attached hydrogen (secondary N) is 3. The molecule has 0 aromatic rings. The van der Waals surface area contributed by atoms with E-state index in [1.54, 1.807) is 0 Å². The third-order valence-electron chi connectivity index (χ3n) is 0.657. The lowest BCUT2D eigenvalue weighted by Crippen LogP contribution is -2.36. The summed E-state index contributed by atoms with van der Waals surface area (Å²) in [7, 11) is -2.96. The Hall–Kier alpha value is -1.35. The van der Waals surface area contributed by atoms with Gasteiger partial charge in [0.05, 0.1) is 0 Å².